The fourth-order valence-electron chi connectivity index (χ4n) is 10.0. The number of carbonyl (C=O) groups excluding carboxylic acids is 2. The van der Waals surface area contributed by atoms with Crippen LogP contribution in [0, 0.1) is 22.5 Å². The van der Waals surface area contributed by atoms with E-state index in [9.17, 15) is 64.5 Å². The molecule has 4 saturated heterocycles. The van der Waals surface area contributed by atoms with Crippen molar-refractivity contribution < 1.29 is 83.5 Å². The minimum Gasteiger partial charge on any atom is -0.492 e. The van der Waals surface area contributed by atoms with Crippen LogP contribution in [-0.4, -0.2) is 142 Å². The van der Waals surface area contributed by atoms with Gasteiger partial charge in [0.2, 0.25) is 0 Å². The number of alkyl halides is 6. The summed E-state index contributed by atoms with van der Waals surface area (Å²) in [5, 5.41) is 18.8. The van der Waals surface area contributed by atoms with Crippen molar-refractivity contribution in [3.05, 3.63) is 59.2 Å². The van der Waals surface area contributed by atoms with Gasteiger partial charge in [0.15, 0.2) is 23.8 Å². The van der Waals surface area contributed by atoms with Crippen LogP contribution >= 0.6 is 0 Å². The van der Waals surface area contributed by atoms with Crippen LogP contribution in [0.25, 0.3) is 0 Å². The molecule has 4 heterocycles. The fraction of sp³-hybridized carbons (Fsp3) is 0.667. The number of rotatable bonds is 14. The average molecular weight is 1010 g/mol. The molecule has 2 unspecified atom stereocenters. The molecule has 70 heavy (non-hydrogen) atoms. The van der Waals surface area contributed by atoms with Crippen molar-refractivity contribution in [2.45, 2.75) is 140 Å². The number of hydrogen-bond donors (Lipinski definition) is 2. The number of piperidine rings is 2. The van der Waals surface area contributed by atoms with Gasteiger partial charge >= 0.3 is 36.5 Å². The van der Waals surface area contributed by atoms with Crippen LogP contribution in [0.2, 0.25) is 0 Å². The van der Waals surface area contributed by atoms with Gasteiger partial charge in [-0.3, -0.25) is 19.4 Å². The normalized spacial score (nSPS) is 22.1. The molecule has 2 saturated carbocycles. The van der Waals surface area contributed by atoms with E-state index in [4.69, 9.17) is 9.47 Å². The smallest absolute Gasteiger partial charge is 0.425 e. The molecule has 2 aromatic rings. The van der Waals surface area contributed by atoms with Crippen molar-refractivity contribution in [2.75, 3.05) is 52.5 Å². The van der Waals surface area contributed by atoms with Crippen LogP contribution in [0.3, 0.4) is 0 Å². The number of carboxylic acids is 2. The lowest BCUT2D eigenvalue weighted by Gasteiger charge is -2.45. The summed E-state index contributed by atoms with van der Waals surface area (Å²) in [4.78, 5) is 54.5. The molecule has 8 rings (SSSR count). The molecule has 2 spiro atoms. The molecule has 14 nitrogen and oxygen atoms in total. The predicted octanol–water partition coefficient (Wildman–Crippen LogP) is 9.17. The van der Waals surface area contributed by atoms with Crippen LogP contribution in [0.4, 0.5) is 44.7 Å². The zero-order chi connectivity index (χ0) is 50.9. The van der Waals surface area contributed by atoms with E-state index in [1.165, 1.54) is 28.0 Å². The number of para-hydroxylation sites is 1. The lowest BCUT2D eigenvalue weighted by molar-refractivity contribution is -0.200. The number of hydrogen-bond acceptors (Lipinski definition) is 10. The van der Waals surface area contributed by atoms with Crippen molar-refractivity contribution in [1.29, 1.82) is 0 Å². The van der Waals surface area contributed by atoms with Gasteiger partial charge in [0, 0.05) is 67.5 Å². The molecular formula is C48H60F8N4O10. The lowest BCUT2D eigenvalue weighted by atomic mass is 9.85. The third-order valence-corrected chi connectivity index (χ3v) is 15.3. The molecule has 2 N–H and O–H groups in total. The van der Waals surface area contributed by atoms with Crippen LogP contribution in [0.15, 0.2) is 36.4 Å². The van der Waals surface area contributed by atoms with Crippen molar-refractivity contribution >= 4 is 24.1 Å². The monoisotopic (exact) mass is 1000 g/mol. The first-order valence-corrected chi connectivity index (χ1v) is 23.7. The van der Waals surface area contributed by atoms with Crippen molar-refractivity contribution in [3.8, 4) is 11.5 Å². The molecule has 4 aliphatic heterocycles. The number of likely N-dealkylation sites (tertiary alicyclic amines) is 4. The molecule has 2 aliphatic carbocycles. The maximum absolute atomic E-state index is 14.7. The van der Waals surface area contributed by atoms with Gasteiger partial charge in [0.1, 0.15) is 35.6 Å². The van der Waals surface area contributed by atoms with Crippen LogP contribution in [-0.2, 0) is 32.2 Å². The SMILES string of the molecule is CC(OC(=O)N1CCC2(CCCN2Cc2ccc(F)cc2OCC2(C(=O)O)CC2)CC1)C(F)(F)F.CC(OC(=O)N1CCC2(CCCN2Cc2cccc(F)c2OCC2(C(=O)O)CC2)CC1)C(F)(F)F. The maximum Gasteiger partial charge on any atom is 0.425 e. The van der Waals surface area contributed by atoms with E-state index in [0.717, 1.165) is 58.2 Å². The molecule has 0 bridgehead atoms. The Balaban J connectivity index is 0.000000206. The number of carboxylic acid groups (broad SMARTS) is 2. The third kappa shape index (κ3) is 12.0. The zero-order valence-electron chi connectivity index (χ0n) is 39.1. The maximum atomic E-state index is 14.7. The molecule has 2 aromatic carbocycles. The summed E-state index contributed by atoms with van der Waals surface area (Å²) in [6.45, 7) is 5.02. The Labute approximate surface area is 400 Å². The first kappa shape index (κ1) is 52.7. The minimum atomic E-state index is -4.61. The summed E-state index contributed by atoms with van der Waals surface area (Å²) in [6.07, 6.45) is -7.53. The first-order chi connectivity index (χ1) is 32.9. The second-order valence-corrected chi connectivity index (χ2v) is 19.8. The van der Waals surface area contributed by atoms with E-state index in [1.807, 2.05) is 0 Å². The fourth-order valence-corrected chi connectivity index (χ4v) is 10.0. The molecule has 2 amide bonds. The standard InChI is InChI=1S/2C24H30F4N2O5/c1-16(24(26,27)28)35-21(33)29-11-8-23(9-12-29)5-2-10-30(23)14-17-3-4-18(25)13-19(17)34-15-22(6-7-22)20(31)32;1-16(24(26,27)28)35-21(33)29-12-9-23(10-13-29)6-3-11-30(23)14-17-4-2-5-18(25)19(17)34-15-22(7-8-22)20(31)32/h3-4,13,16H,2,5-12,14-15H2,1H3,(H,31,32);2,4-5,16H,3,6-15H2,1H3,(H,31,32). The predicted molar refractivity (Wildman–Crippen MR) is 233 cm³/mol. The lowest BCUT2D eigenvalue weighted by Crippen LogP contribution is -2.53. The molecule has 6 fully saturated rings. The van der Waals surface area contributed by atoms with E-state index >= 15 is 0 Å². The molecule has 0 aromatic heterocycles. The van der Waals surface area contributed by atoms with Gasteiger partial charge in [-0.05, 0) is 116 Å². The van der Waals surface area contributed by atoms with Gasteiger partial charge < -0.3 is 39.0 Å². The molecular weight excluding hydrogens is 945 g/mol. The van der Waals surface area contributed by atoms with Crippen molar-refractivity contribution in [1.82, 2.24) is 19.6 Å². The summed E-state index contributed by atoms with van der Waals surface area (Å²) in [5.41, 5.74) is -0.961. The highest BCUT2D eigenvalue weighted by atomic mass is 19.4. The summed E-state index contributed by atoms with van der Waals surface area (Å²) in [6, 6.07) is 8.89. The second-order valence-electron chi connectivity index (χ2n) is 19.8. The van der Waals surface area contributed by atoms with Gasteiger partial charge in [-0.2, -0.15) is 26.3 Å². The number of halogens is 8. The average Bonchev–Trinajstić information content (AvgIpc) is 4.21. The highest BCUT2D eigenvalue weighted by Crippen LogP contribution is 2.48. The number of carbonyl (C=O) groups is 4. The number of amides is 2. The number of benzene rings is 2. The number of nitrogens with zero attached hydrogens (tertiary/aromatic N) is 4. The van der Waals surface area contributed by atoms with Gasteiger partial charge in [-0.1, -0.05) is 18.2 Å². The first-order valence-electron chi connectivity index (χ1n) is 23.7. The van der Waals surface area contributed by atoms with Crippen LogP contribution in [0.1, 0.15) is 102 Å². The van der Waals surface area contributed by atoms with Gasteiger partial charge in [0.25, 0.3) is 0 Å². The Morgan fingerprint density at radius 3 is 1.47 bits per heavy atom. The van der Waals surface area contributed by atoms with E-state index in [2.05, 4.69) is 19.3 Å². The van der Waals surface area contributed by atoms with Crippen molar-refractivity contribution in [3.63, 3.8) is 0 Å². The molecule has 2 atom stereocenters. The topological polar surface area (TPSA) is 159 Å². The van der Waals surface area contributed by atoms with E-state index < -0.39 is 71.2 Å². The quantitative estimate of drug-likeness (QED) is 0.173. The largest absolute Gasteiger partial charge is 0.492 e. The number of aliphatic carboxylic acids is 2. The molecule has 6 aliphatic rings. The number of ether oxygens (including phenoxy) is 4. The van der Waals surface area contributed by atoms with Gasteiger partial charge in [0.05, 0.1) is 0 Å². The summed E-state index contributed by atoms with van der Waals surface area (Å²) < 4.78 is 126. The van der Waals surface area contributed by atoms with Crippen molar-refractivity contribution in [2.24, 2.45) is 10.8 Å². The highest BCUT2D eigenvalue weighted by Gasteiger charge is 2.53. The van der Waals surface area contributed by atoms with Crippen LogP contribution in [0.5, 0.6) is 11.5 Å². The molecule has 388 valence electrons. The molecule has 0 radical (unpaired) electrons. The van der Waals surface area contributed by atoms with Crippen LogP contribution < -0.4 is 9.47 Å². The third-order valence-electron chi connectivity index (χ3n) is 15.3. The summed E-state index contributed by atoms with van der Waals surface area (Å²) in [5.74, 6) is -2.49. The van der Waals surface area contributed by atoms with Gasteiger partial charge in [-0.25, -0.2) is 18.4 Å². The second kappa shape index (κ2) is 20.5. The van der Waals surface area contributed by atoms with E-state index in [-0.39, 0.29) is 56.2 Å². The summed E-state index contributed by atoms with van der Waals surface area (Å²) in [7, 11) is 0. The van der Waals surface area contributed by atoms with E-state index in [1.54, 1.807) is 18.2 Å². The summed E-state index contributed by atoms with van der Waals surface area (Å²) >= 11 is 0. The Kier molecular flexibility index (Phi) is 15.5. The Morgan fingerprint density at radius 2 is 1.04 bits per heavy atom. The highest BCUT2D eigenvalue weighted by molar-refractivity contribution is 5.78. The Bertz CT molecular complexity index is 2220. The van der Waals surface area contributed by atoms with E-state index in [0.29, 0.717) is 75.8 Å². The Morgan fingerprint density at radius 1 is 0.600 bits per heavy atom. The van der Waals surface area contributed by atoms with Gasteiger partial charge in [-0.15, -0.1) is 0 Å². The molecule has 22 heteroatoms. The zero-order valence-corrected chi connectivity index (χ0v) is 39.1. The minimum absolute atomic E-state index is 0.0165. The Hall–Kier alpha value is -5.12.